The Hall–Kier alpha value is -1.98. The molecule has 0 saturated heterocycles. The standard InChI is InChI=1S/C12H13BN2O3/c1-12(2,3)18-11(16)15-10-14-8-6-7(13)4-5-9(8)17-10/h4-6H,1-3H3,(H,14,15,16). The molecule has 92 valence electrons. The number of ether oxygens (including phenoxy) is 1. The third-order valence-corrected chi connectivity index (χ3v) is 2.02. The van der Waals surface area contributed by atoms with Crippen LogP contribution in [-0.2, 0) is 4.74 Å². The lowest BCUT2D eigenvalue weighted by Crippen LogP contribution is -2.27. The number of rotatable bonds is 1. The van der Waals surface area contributed by atoms with Gasteiger partial charge in [0.25, 0.3) is 0 Å². The van der Waals surface area contributed by atoms with Gasteiger partial charge in [0, 0.05) is 0 Å². The molecule has 2 rings (SSSR count). The van der Waals surface area contributed by atoms with Crippen molar-refractivity contribution in [2.75, 3.05) is 5.32 Å². The summed E-state index contributed by atoms with van der Waals surface area (Å²) in [5.74, 6) is 0. The second-order valence-corrected chi connectivity index (χ2v) is 4.87. The van der Waals surface area contributed by atoms with E-state index in [1.807, 2.05) is 0 Å². The van der Waals surface area contributed by atoms with Crippen LogP contribution >= 0.6 is 0 Å². The monoisotopic (exact) mass is 244 g/mol. The summed E-state index contributed by atoms with van der Waals surface area (Å²) in [6, 6.07) is 5.15. The molecule has 0 unspecified atom stereocenters. The molecule has 18 heavy (non-hydrogen) atoms. The minimum Gasteiger partial charge on any atom is -0.443 e. The molecule has 0 atom stereocenters. The van der Waals surface area contributed by atoms with Crippen LogP contribution in [0.25, 0.3) is 11.1 Å². The normalized spacial score (nSPS) is 11.5. The molecule has 0 aliphatic rings. The molecule has 0 spiro atoms. The molecule has 5 nitrogen and oxygen atoms in total. The Morgan fingerprint density at radius 3 is 2.83 bits per heavy atom. The molecule has 1 heterocycles. The molecular formula is C12H13BN2O3. The molecule has 0 saturated carbocycles. The predicted molar refractivity (Wildman–Crippen MR) is 69.3 cm³/mol. The van der Waals surface area contributed by atoms with Gasteiger partial charge in [-0.3, -0.25) is 0 Å². The second-order valence-electron chi connectivity index (χ2n) is 4.87. The summed E-state index contributed by atoms with van der Waals surface area (Å²) in [5, 5.41) is 2.43. The minimum atomic E-state index is -0.609. The van der Waals surface area contributed by atoms with E-state index in [9.17, 15) is 4.79 Å². The van der Waals surface area contributed by atoms with Crippen molar-refractivity contribution in [3.05, 3.63) is 18.2 Å². The Bertz CT molecular complexity index is 587. The zero-order valence-corrected chi connectivity index (χ0v) is 10.5. The number of amides is 1. The second kappa shape index (κ2) is 4.36. The summed E-state index contributed by atoms with van der Waals surface area (Å²) in [6.45, 7) is 5.33. The molecule has 0 aliphatic heterocycles. The zero-order chi connectivity index (χ0) is 13.3. The number of aromatic nitrogens is 1. The van der Waals surface area contributed by atoms with Crippen molar-refractivity contribution in [2.45, 2.75) is 26.4 Å². The molecular weight excluding hydrogens is 231 g/mol. The first-order valence-electron chi connectivity index (χ1n) is 5.49. The van der Waals surface area contributed by atoms with E-state index in [4.69, 9.17) is 17.0 Å². The lowest BCUT2D eigenvalue weighted by atomic mass is 9.96. The van der Waals surface area contributed by atoms with E-state index in [1.165, 1.54) is 0 Å². The van der Waals surface area contributed by atoms with Crippen LogP contribution in [0.3, 0.4) is 0 Å². The van der Waals surface area contributed by atoms with E-state index in [1.54, 1.807) is 39.0 Å². The molecule has 1 aromatic carbocycles. The Kier molecular flexibility index (Phi) is 3.03. The Morgan fingerprint density at radius 2 is 2.17 bits per heavy atom. The first-order chi connectivity index (χ1) is 8.33. The number of nitrogens with zero attached hydrogens (tertiary/aromatic N) is 1. The fourth-order valence-electron chi connectivity index (χ4n) is 1.39. The van der Waals surface area contributed by atoms with Crippen LogP contribution in [-0.4, -0.2) is 24.5 Å². The van der Waals surface area contributed by atoms with Gasteiger partial charge in [-0.05, 0) is 32.9 Å². The van der Waals surface area contributed by atoms with Crippen LogP contribution < -0.4 is 10.8 Å². The number of carbonyl (C=O) groups excluding carboxylic acids is 1. The number of carbonyl (C=O) groups is 1. The van der Waals surface area contributed by atoms with Gasteiger partial charge in [0.15, 0.2) is 5.58 Å². The molecule has 6 heteroatoms. The van der Waals surface area contributed by atoms with E-state index in [2.05, 4.69) is 10.3 Å². The van der Waals surface area contributed by atoms with Crippen LogP contribution in [0.1, 0.15) is 20.8 Å². The van der Waals surface area contributed by atoms with Crippen LogP contribution in [0.2, 0.25) is 0 Å². The van der Waals surface area contributed by atoms with Gasteiger partial charge >= 0.3 is 12.1 Å². The first kappa shape index (κ1) is 12.5. The number of hydrogen-bond acceptors (Lipinski definition) is 4. The molecule has 0 aliphatic carbocycles. The van der Waals surface area contributed by atoms with Crippen molar-refractivity contribution in [2.24, 2.45) is 0 Å². The van der Waals surface area contributed by atoms with E-state index in [-0.39, 0.29) is 6.01 Å². The van der Waals surface area contributed by atoms with Crippen molar-refractivity contribution in [1.29, 1.82) is 0 Å². The molecule has 2 aromatic rings. The summed E-state index contributed by atoms with van der Waals surface area (Å²) < 4.78 is 10.4. The fourth-order valence-corrected chi connectivity index (χ4v) is 1.39. The highest BCUT2D eigenvalue weighted by molar-refractivity contribution is 6.33. The largest absolute Gasteiger partial charge is 0.443 e. The maximum atomic E-state index is 11.5. The lowest BCUT2D eigenvalue weighted by Gasteiger charge is -2.18. The molecule has 2 radical (unpaired) electrons. The van der Waals surface area contributed by atoms with Crippen molar-refractivity contribution >= 4 is 36.5 Å². The van der Waals surface area contributed by atoms with Crippen LogP contribution in [0.4, 0.5) is 10.8 Å². The first-order valence-corrected chi connectivity index (χ1v) is 5.49. The van der Waals surface area contributed by atoms with Crippen LogP contribution in [0.15, 0.2) is 22.6 Å². The highest BCUT2D eigenvalue weighted by Crippen LogP contribution is 2.18. The van der Waals surface area contributed by atoms with Gasteiger partial charge in [0.05, 0.1) is 0 Å². The highest BCUT2D eigenvalue weighted by Gasteiger charge is 2.18. The van der Waals surface area contributed by atoms with E-state index in [0.717, 1.165) is 0 Å². The smallest absolute Gasteiger partial charge is 0.415 e. The Balaban J connectivity index is 2.15. The summed E-state index contributed by atoms with van der Waals surface area (Å²) >= 11 is 0. The topological polar surface area (TPSA) is 64.4 Å². The zero-order valence-electron chi connectivity index (χ0n) is 10.5. The molecule has 0 bridgehead atoms. The molecule has 1 N–H and O–H groups in total. The number of oxazole rings is 1. The van der Waals surface area contributed by atoms with Gasteiger partial charge in [0.2, 0.25) is 0 Å². The third kappa shape index (κ3) is 3.03. The number of anilines is 1. The maximum absolute atomic E-state index is 11.5. The molecule has 1 aromatic heterocycles. The van der Waals surface area contributed by atoms with Gasteiger partial charge in [-0.25, -0.2) is 10.1 Å². The number of nitrogens with one attached hydrogen (secondary N) is 1. The average Bonchev–Trinajstić information content (AvgIpc) is 2.55. The van der Waals surface area contributed by atoms with Gasteiger partial charge in [0.1, 0.15) is 19.0 Å². The summed E-state index contributed by atoms with van der Waals surface area (Å²) in [7, 11) is 5.62. The lowest BCUT2D eigenvalue weighted by molar-refractivity contribution is 0.0632. The van der Waals surface area contributed by atoms with E-state index >= 15 is 0 Å². The quantitative estimate of drug-likeness (QED) is 0.779. The summed E-state index contributed by atoms with van der Waals surface area (Å²) in [5.41, 5.74) is 1.15. The molecule has 0 fully saturated rings. The van der Waals surface area contributed by atoms with Crippen molar-refractivity contribution in [3.63, 3.8) is 0 Å². The highest BCUT2D eigenvalue weighted by atomic mass is 16.6. The predicted octanol–water partition coefficient (Wildman–Crippen LogP) is 1.97. The van der Waals surface area contributed by atoms with Gasteiger partial charge < -0.3 is 9.15 Å². The van der Waals surface area contributed by atoms with Crippen LogP contribution in [0, 0.1) is 0 Å². The van der Waals surface area contributed by atoms with Gasteiger partial charge in [-0.1, -0.05) is 11.5 Å². The van der Waals surface area contributed by atoms with E-state index < -0.39 is 11.7 Å². The maximum Gasteiger partial charge on any atom is 0.415 e. The third-order valence-electron chi connectivity index (χ3n) is 2.02. The van der Waals surface area contributed by atoms with E-state index in [0.29, 0.717) is 16.6 Å². The average molecular weight is 244 g/mol. The molecule has 1 amide bonds. The fraction of sp³-hybridized carbons (Fsp3) is 0.333. The number of hydrogen-bond donors (Lipinski definition) is 1. The Labute approximate surface area is 106 Å². The Morgan fingerprint density at radius 1 is 1.44 bits per heavy atom. The summed E-state index contributed by atoms with van der Waals surface area (Å²) in [6.07, 6.45) is -0.609. The van der Waals surface area contributed by atoms with Crippen LogP contribution in [0.5, 0.6) is 0 Å². The van der Waals surface area contributed by atoms with Gasteiger partial charge in [-0.2, -0.15) is 4.98 Å². The number of benzene rings is 1. The van der Waals surface area contributed by atoms with Crippen molar-refractivity contribution < 1.29 is 13.9 Å². The number of fused-ring (bicyclic) bond motifs is 1. The minimum absolute atomic E-state index is 0.0878. The van der Waals surface area contributed by atoms with Gasteiger partial charge in [-0.15, -0.1) is 0 Å². The summed E-state index contributed by atoms with van der Waals surface area (Å²) in [4.78, 5) is 15.6. The van der Waals surface area contributed by atoms with Crippen molar-refractivity contribution in [1.82, 2.24) is 4.98 Å². The van der Waals surface area contributed by atoms with Crippen molar-refractivity contribution in [3.8, 4) is 0 Å². The SMILES string of the molecule is [B]c1ccc2oc(NC(=O)OC(C)(C)C)nc2c1.